The van der Waals surface area contributed by atoms with Crippen molar-refractivity contribution < 1.29 is 23.8 Å². The van der Waals surface area contributed by atoms with Crippen molar-refractivity contribution in [2.75, 3.05) is 44.7 Å². The predicted octanol–water partition coefficient (Wildman–Crippen LogP) is 6.82. The number of hydrogen-bond acceptors (Lipinski definition) is 6. The molecule has 0 spiro atoms. The highest BCUT2D eigenvalue weighted by Crippen LogP contribution is 2.29. The third kappa shape index (κ3) is 9.69. The first-order valence-electron chi connectivity index (χ1n) is 14.3. The first-order chi connectivity index (χ1) is 20.5. The van der Waals surface area contributed by atoms with Gasteiger partial charge in [0.25, 0.3) is 0 Å². The second-order valence-electron chi connectivity index (χ2n) is 11.2. The average molecular weight is 610 g/mol. The molecule has 1 fully saturated rings. The van der Waals surface area contributed by atoms with Crippen LogP contribution in [0.25, 0.3) is 0 Å². The molecule has 1 aliphatic rings. The van der Waals surface area contributed by atoms with E-state index in [1.54, 1.807) is 37.4 Å². The van der Waals surface area contributed by atoms with Crippen molar-refractivity contribution in [1.29, 1.82) is 0 Å². The number of nitrogens with zero attached hydrogens (tertiary/aromatic N) is 3. The van der Waals surface area contributed by atoms with Crippen molar-refractivity contribution in [1.82, 2.24) is 9.88 Å². The molecule has 230 valence electrons. The molecule has 9 heteroatoms. The zero-order valence-electron chi connectivity index (χ0n) is 25.4. The van der Waals surface area contributed by atoms with E-state index in [2.05, 4.69) is 22.6 Å². The number of hydrogen-bond donors (Lipinski definition) is 1. The Hall–Kier alpha value is -3.64. The Morgan fingerprint density at radius 1 is 1.16 bits per heavy atom. The first-order valence-corrected chi connectivity index (χ1v) is 14.7. The minimum Gasteiger partial charge on any atom is -0.478 e. The van der Waals surface area contributed by atoms with E-state index in [1.807, 2.05) is 39.0 Å². The molecular weight excluding hydrogens is 569 g/mol. The standard InChI is InChI=1S/C32H39ClFN3O4.C2H2/c1-22-8-9-24(31(38)39)18-29(22)37(21-32(2,3)40-4)17-16-36-14-12-23(13-15-36)28-6-5-7-30(35-28)41-20-25-10-11-26(33)19-27(25)34;1-2/h5-11,18-19,23H,12-17,20-21H2,1-4H3,(H,38,39);1-2H. The summed E-state index contributed by atoms with van der Waals surface area (Å²) in [7, 11) is 1.70. The van der Waals surface area contributed by atoms with E-state index in [1.165, 1.54) is 6.07 Å². The number of carboxylic acids is 1. The molecule has 43 heavy (non-hydrogen) atoms. The minimum atomic E-state index is -0.931. The molecule has 0 amide bonds. The lowest BCUT2D eigenvalue weighted by atomic mass is 9.93. The van der Waals surface area contributed by atoms with Gasteiger partial charge in [-0.1, -0.05) is 29.8 Å². The molecule has 4 rings (SSSR count). The van der Waals surface area contributed by atoms with Crippen LogP contribution in [0, 0.1) is 25.6 Å². The van der Waals surface area contributed by atoms with Crippen LogP contribution in [0.15, 0.2) is 54.6 Å². The molecule has 0 radical (unpaired) electrons. The van der Waals surface area contributed by atoms with Crippen LogP contribution in [0.2, 0.25) is 5.02 Å². The van der Waals surface area contributed by atoms with Gasteiger partial charge in [0.1, 0.15) is 12.4 Å². The van der Waals surface area contributed by atoms with Crippen molar-refractivity contribution in [2.24, 2.45) is 0 Å². The number of ether oxygens (including phenoxy) is 2. The molecule has 0 unspecified atom stereocenters. The SMILES string of the molecule is C#C.COC(C)(C)CN(CCN1CCC(c2cccc(OCc3ccc(Cl)cc3F)n2)CC1)c1cc(C(=O)O)ccc1C. The number of aryl methyl sites for hydroxylation is 1. The van der Waals surface area contributed by atoms with Crippen LogP contribution in [0.4, 0.5) is 10.1 Å². The molecule has 2 heterocycles. The van der Waals surface area contributed by atoms with Crippen molar-refractivity contribution in [3.05, 3.63) is 87.8 Å². The highest BCUT2D eigenvalue weighted by Gasteiger charge is 2.26. The van der Waals surface area contributed by atoms with Gasteiger partial charge in [-0.15, -0.1) is 12.8 Å². The number of rotatable bonds is 12. The fourth-order valence-corrected chi connectivity index (χ4v) is 5.29. The Morgan fingerprint density at radius 3 is 2.53 bits per heavy atom. The smallest absolute Gasteiger partial charge is 0.335 e. The highest BCUT2D eigenvalue weighted by atomic mass is 35.5. The maximum Gasteiger partial charge on any atom is 0.335 e. The summed E-state index contributed by atoms with van der Waals surface area (Å²) in [5, 5.41) is 9.90. The summed E-state index contributed by atoms with van der Waals surface area (Å²) in [6.07, 6.45) is 9.94. The Bertz CT molecular complexity index is 1390. The molecule has 2 aromatic carbocycles. The number of aromatic carboxylic acids is 1. The lowest BCUT2D eigenvalue weighted by molar-refractivity contribution is 0.0286. The molecule has 0 aliphatic carbocycles. The topological polar surface area (TPSA) is 75.1 Å². The number of carbonyl (C=O) groups is 1. The fourth-order valence-electron chi connectivity index (χ4n) is 5.14. The molecule has 0 bridgehead atoms. The zero-order chi connectivity index (χ0) is 31.6. The molecule has 3 aromatic rings. The quantitative estimate of drug-likeness (QED) is 0.226. The van der Waals surface area contributed by atoms with E-state index >= 15 is 0 Å². The second kappa shape index (κ2) is 15.7. The number of methoxy groups -OCH3 is 1. The van der Waals surface area contributed by atoms with Crippen LogP contribution in [-0.4, -0.2) is 66.4 Å². The summed E-state index contributed by atoms with van der Waals surface area (Å²) in [4.78, 5) is 21.1. The van der Waals surface area contributed by atoms with Gasteiger partial charge >= 0.3 is 5.97 Å². The summed E-state index contributed by atoms with van der Waals surface area (Å²) < 4.78 is 25.6. The summed E-state index contributed by atoms with van der Waals surface area (Å²) >= 11 is 5.84. The van der Waals surface area contributed by atoms with Gasteiger partial charge in [-0.05, 0) is 82.6 Å². The number of carboxylic acid groups (broad SMARTS) is 1. The lowest BCUT2D eigenvalue weighted by Gasteiger charge is -2.37. The molecule has 1 saturated heterocycles. The van der Waals surface area contributed by atoms with Gasteiger partial charge in [0, 0.05) is 60.7 Å². The van der Waals surface area contributed by atoms with E-state index in [9.17, 15) is 14.3 Å². The van der Waals surface area contributed by atoms with Gasteiger partial charge < -0.3 is 24.4 Å². The number of likely N-dealkylation sites (tertiary alicyclic amines) is 1. The number of anilines is 1. The monoisotopic (exact) mass is 609 g/mol. The van der Waals surface area contributed by atoms with E-state index in [4.69, 9.17) is 26.1 Å². The van der Waals surface area contributed by atoms with Crippen molar-refractivity contribution >= 4 is 23.3 Å². The number of pyridine rings is 1. The first kappa shape index (κ1) is 33.9. The van der Waals surface area contributed by atoms with Crippen LogP contribution < -0.4 is 9.64 Å². The van der Waals surface area contributed by atoms with Crippen molar-refractivity contribution in [3.63, 3.8) is 0 Å². The molecule has 1 aromatic heterocycles. The van der Waals surface area contributed by atoms with Crippen molar-refractivity contribution in [3.8, 4) is 18.7 Å². The number of piperidine rings is 1. The molecule has 0 saturated carbocycles. The Balaban J connectivity index is 0.00000248. The lowest BCUT2D eigenvalue weighted by Crippen LogP contribution is -2.45. The normalized spacial score (nSPS) is 14.0. The Kier molecular flexibility index (Phi) is 12.4. The summed E-state index contributed by atoms with van der Waals surface area (Å²) in [6.45, 7) is 10.3. The Morgan fingerprint density at radius 2 is 1.88 bits per heavy atom. The molecule has 0 atom stereocenters. The van der Waals surface area contributed by atoms with Gasteiger partial charge in [0.15, 0.2) is 0 Å². The number of halogens is 2. The molecular formula is C34H41ClFN3O4. The maximum atomic E-state index is 14.1. The summed E-state index contributed by atoms with van der Waals surface area (Å²) in [6, 6.07) is 15.6. The van der Waals surface area contributed by atoms with E-state index in [0.717, 1.165) is 56.0 Å². The zero-order valence-corrected chi connectivity index (χ0v) is 26.1. The number of aromatic nitrogens is 1. The molecule has 1 N–H and O–H groups in total. The molecule has 7 nitrogen and oxygen atoms in total. The highest BCUT2D eigenvalue weighted by molar-refractivity contribution is 6.30. The van der Waals surface area contributed by atoms with Gasteiger partial charge in [0.05, 0.1) is 11.2 Å². The van der Waals surface area contributed by atoms with Gasteiger partial charge in [-0.25, -0.2) is 14.2 Å². The van der Waals surface area contributed by atoms with Gasteiger partial charge in [-0.3, -0.25) is 0 Å². The van der Waals surface area contributed by atoms with E-state index in [-0.39, 0.29) is 12.2 Å². The Labute approximate surface area is 259 Å². The van der Waals surface area contributed by atoms with E-state index in [0.29, 0.717) is 28.9 Å². The fraction of sp³-hybridized carbons (Fsp3) is 0.412. The third-order valence-electron chi connectivity index (χ3n) is 7.75. The largest absolute Gasteiger partial charge is 0.478 e. The van der Waals surface area contributed by atoms with Gasteiger partial charge in [-0.2, -0.15) is 0 Å². The summed E-state index contributed by atoms with van der Waals surface area (Å²) in [5.74, 6) is -0.524. The number of benzene rings is 2. The number of terminal acetylenes is 1. The second-order valence-corrected chi connectivity index (χ2v) is 11.7. The van der Waals surface area contributed by atoms with Crippen LogP contribution in [0.3, 0.4) is 0 Å². The van der Waals surface area contributed by atoms with E-state index < -0.39 is 17.4 Å². The molecule has 1 aliphatic heterocycles. The average Bonchev–Trinajstić information content (AvgIpc) is 3.00. The van der Waals surface area contributed by atoms with Crippen LogP contribution in [0.5, 0.6) is 5.88 Å². The minimum absolute atomic E-state index is 0.0864. The van der Waals surface area contributed by atoms with Crippen molar-refractivity contribution in [2.45, 2.75) is 51.7 Å². The van der Waals surface area contributed by atoms with Gasteiger partial charge in [0.2, 0.25) is 5.88 Å². The van der Waals surface area contributed by atoms with Crippen LogP contribution >= 0.6 is 11.6 Å². The third-order valence-corrected chi connectivity index (χ3v) is 7.98. The maximum absolute atomic E-state index is 14.1. The van der Waals surface area contributed by atoms with Crippen LogP contribution in [-0.2, 0) is 11.3 Å². The van der Waals surface area contributed by atoms with Crippen LogP contribution in [0.1, 0.15) is 59.8 Å². The summed E-state index contributed by atoms with van der Waals surface area (Å²) in [5.41, 5.74) is 3.27. The predicted molar refractivity (Wildman–Crippen MR) is 170 cm³/mol.